The maximum Gasteiger partial charge on any atom is 0.277 e. The highest BCUT2D eigenvalue weighted by molar-refractivity contribution is 7.99. The van der Waals surface area contributed by atoms with E-state index in [-0.39, 0.29) is 5.91 Å². The largest absolute Gasteiger partial charge is 0.411 e. The summed E-state index contributed by atoms with van der Waals surface area (Å²) in [5, 5.41) is 11.4. The minimum absolute atomic E-state index is 0.00254. The van der Waals surface area contributed by atoms with E-state index in [0.717, 1.165) is 42.5 Å². The summed E-state index contributed by atoms with van der Waals surface area (Å²) < 4.78 is 5.63. The Kier molecular flexibility index (Phi) is 6.65. The van der Waals surface area contributed by atoms with Gasteiger partial charge in [-0.3, -0.25) is 4.79 Å². The van der Waals surface area contributed by atoms with Gasteiger partial charge < -0.3 is 9.73 Å². The summed E-state index contributed by atoms with van der Waals surface area (Å²) in [5.41, 5.74) is 3.21. The van der Waals surface area contributed by atoms with Gasteiger partial charge in [-0.25, -0.2) is 0 Å². The predicted molar refractivity (Wildman–Crippen MR) is 92.5 cm³/mol. The molecule has 124 valence electrons. The fourth-order valence-electron chi connectivity index (χ4n) is 2.26. The first-order valence-electron chi connectivity index (χ1n) is 7.90. The number of nitrogens with one attached hydrogen (secondary N) is 1. The summed E-state index contributed by atoms with van der Waals surface area (Å²) in [5.74, 6) is 0.778. The third-order valence-electron chi connectivity index (χ3n) is 3.30. The van der Waals surface area contributed by atoms with Crippen molar-refractivity contribution in [1.29, 1.82) is 0 Å². The van der Waals surface area contributed by atoms with Gasteiger partial charge in [0.1, 0.15) is 0 Å². The first-order chi connectivity index (χ1) is 11.1. The molecule has 6 heteroatoms. The maximum atomic E-state index is 11.7. The summed E-state index contributed by atoms with van der Waals surface area (Å²) in [6, 6.07) is 6.11. The lowest BCUT2D eigenvalue weighted by Gasteiger charge is -2.02. The molecule has 2 aromatic rings. The molecule has 5 nitrogen and oxygen atoms in total. The number of aromatic nitrogens is 2. The fourth-order valence-corrected chi connectivity index (χ4v) is 2.86. The first-order valence-corrected chi connectivity index (χ1v) is 8.88. The van der Waals surface area contributed by atoms with Crippen molar-refractivity contribution in [2.75, 3.05) is 12.3 Å². The van der Waals surface area contributed by atoms with Crippen LogP contribution in [0.2, 0.25) is 0 Å². The Labute approximate surface area is 141 Å². The monoisotopic (exact) mass is 333 g/mol. The summed E-state index contributed by atoms with van der Waals surface area (Å²) in [7, 11) is 0. The molecule has 1 heterocycles. The topological polar surface area (TPSA) is 68.0 Å². The van der Waals surface area contributed by atoms with Crippen molar-refractivity contribution in [3.8, 4) is 11.5 Å². The van der Waals surface area contributed by atoms with Crippen LogP contribution in [-0.2, 0) is 4.79 Å². The molecule has 0 bridgehead atoms. The third-order valence-corrected chi connectivity index (χ3v) is 4.12. The van der Waals surface area contributed by atoms with E-state index in [4.69, 9.17) is 4.42 Å². The van der Waals surface area contributed by atoms with Gasteiger partial charge in [-0.05, 0) is 32.4 Å². The number of carbonyl (C=O) groups excluding carboxylic acids is 1. The van der Waals surface area contributed by atoms with E-state index >= 15 is 0 Å². The third kappa shape index (κ3) is 5.71. The predicted octanol–water partition coefficient (Wildman–Crippen LogP) is 3.75. The van der Waals surface area contributed by atoms with Crippen LogP contribution in [0.3, 0.4) is 0 Å². The smallest absolute Gasteiger partial charge is 0.277 e. The lowest BCUT2D eigenvalue weighted by Crippen LogP contribution is -2.26. The molecule has 1 aromatic carbocycles. The summed E-state index contributed by atoms with van der Waals surface area (Å²) >= 11 is 1.26. The van der Waals surface area contributed by atoms with Crippen LogP contribution in [0.1, 0.15) is 37.3 Å². The van der Waals surface area contributed by atoms with E-state index in [2.05, 4.69) is 28.5 Å². The van der Waals surface area contributed by atoms with Crippen LogP contribution < -0.4 is 5.32 Å². The van der Waals surface area contributed by atoms with Crippen LogP contribution in [0.4, 0.5) is 0 Å². The molecule has 0 spiro atoms. The highest BCUT2D eigenvalue weighted by Gasteiger charge is 2.11. The summed E-state index contributed by atoms with van der Waals surface area (Å²) in [6.45, 7) is 6.93. The lowest BCUT2D eigenvalue weighted by atomic mass is 10.1. The van der Waals surface area contributed by atoms with E-state index < -0.39 is 0 Å². The second kappa shape index (κ2) is 8.72. The van der Waals surface area contributed by atoms with Gasteiger partial charge in [0, 0.05) is 12.1 Å². The molecule has 1 aromatic heterocycles. The molecule has 0 aliphatic carbocycles. The van der Waals surface area contributed by atoms with Gasteiger partial charge in [-0.15, -0.1) is 10.2 Å². The second-order valence-corrected chi connectivity index (χ2v) is 6.52. The molecule has 0 fully saturated rings. The van der Waals surface area contributed by atoms with Crippen molar-refractivity contribution in [3.05, 3.63) is 29.3 Å². The highest BCUT2D eigenvalue weighted by atomic mass is 32.2. The molecule has 2 rings (SSSR count). The van der Waals surface area contributed by atoms with Crippen molar-refractivity contribution >= 4 is 17.7 Å². The zero-order valence-electron chi connectivity index (χ0n) is 13.9. The molecular weight excluding hydrogens is 310 g/mol. The van der Waals surface area contributed by atoms with Gasteiger partial charge in [-0.2, -0.15) is 0 Å². The molecule has 0 aliphatic rings. The number of benzene rings is 1. The highest BCUT2D eigenvalue weighted by Crippen LogP contribution is 2.24. The number of hydrogen-bond donors (Lipinski definition) is 1. The number of amides is 1. The SMILES string of the molecule is CCCCCNC(=O)CSc1nnc(-c2cc(C)cc(C)c2)o1. The Morgan fingerprint density at radius 2 is 1.91 bits per heavy atom. The van der Waals surface area contributed by atoms with Crippen molar-refractivity contribution in [1.82, 2.24) is 15.5 Å². The lowest BCUT2D eigenvalue weighted by molar-refractivity contribution is -0.118. The van der Waals surface area contributed by atoms with Gasteiger partial charge >= 0.3 is 0 Å². The Bertz CT molecular complexity index is 635. The van der Waals surface area contributed by atoms with Crippen LogP contribution in [0.15, 0.2) is 27.8 Å². The second-order valence-electron chi connectivity index (χ2n) is 5.60. The minimum atomic E-state index is -0.00254. The molecule has 23 heavy (non-hydrogen) atoms. The van der Waals surface area contributed by atoms with Crippen molar-refractivity contribution in [3.63, 3.8) is 0 Å². The Morgan fingerprint density at radius 3 is 2.61 bits per heavy atom. The minimum Gasteiger partial charge on any atom is -0.411 e. The average molecular weight is 333 g/mol. The first kappa shape index (κ1) is 17.5. The average Bonchev–Trinajstić information content (AvgIpc) is 2.98. The number of nitrogens with zero attached hydrogens (tertiary/aromatic N) is 2. The molecule has 1 amide bonds. The molecule has 1 N–H and O–H groups in total. The van der Waals surface area contributed by atoms with Gasteiger partial charge in [0.25, 0.3) is 5.22 Å². The number of carbonyl (C=O) groups is 1. The number of unbranched alkanes of at least 4 members (excludes halogenated alkanes) is 2. The van der Waals surface area contributed by atoms with Crippen LogP contribution in [0, 0.1) is 13.8 Å². The van der Waals surface area contributed by atoms with E-state index in [1.165, 1.54) is 11.8 Å². The van der Waals surface area contributed by atoms with E-state index in [1.807, 2.05) is 26.0 Å². The molecule has 0 aliphatic heterocycles. The van der Waals surface area contributed by atoms with Crippen molar-refractivity contribution in [2.24, 2.45) is 0 Å². The van der Waals surface area contributed by atoms with Crippen LogP contribution >= 0.6 is 11.8 Å². The number of thioether (sulfide) groups is 1. The van der Waals surface area contributed by atoms with E-state index in [1.54, 1.807) is 0 Å². The normalized spacial score (nSPS) is 10.7. The molecule has 0 saturated carbocycles. The van der Waals surface area contributed by atoms with Gasteiger partial charge in [0.2, 0.25) is 11.8 Å². The fraction of sp³-hybridized carbons (Fsp3) is 0.471. The molecule has 0 radical (unpaired) electrons. The molecular formula is C17H23N3O2S. The number of hydrogen-bond acceptors (Lipinski definition) is 5. The van der Waals surface area contributed by atoms with E-state index in [9.17, 15) is 4.79 Å². The number of aryl methyl sites for hydroxylation is 2. The standard InChI is InChI=1S/C17H23N3O2S/c1-4-5-6-7-18-15(21)11-23-17-20-19-16(22-17)14-9-12(2)8-13(3)10-14/h8-10H,4-7,11H2,1-3H3,(H,18,21). The van der Waals surface area contributed by atoms with Crippen LogP contribution in [0.25, 0.3) is 11.5 Å². The quantitative estimate of drug-likeness (QED) is 0.588. The summed E-state index contributed by atoms with van der Waals surface area (Å²) in [6.07, 6.45) is 3.30. The van der Waals surface area contributed by atoms with Crippen LogP contribution in [0.5, 0.6) is 0 Å². The molecule has 0 unspecified atom stereocenters. The van der Waals surface area contributed by atoms with Crippen LogP contribution in [-0.4, -0.2) is 28.4 Å². The molecule has 0 atom stereocenters. The zero-order valence-corrected chi connectivity index (χ0v) is 14.7. The zero-order chi connectivity index (χ0) is 16.7. The van der Waals surface area contributed by atoms with E-state index in [0.29, 0.717) is 16.9 Å². The Morgan fingerprint density at radius 1 is 1.17 bits per heavy atom. The maximum absolute atomic E-state index is 11.7. The number of rotatable bonds is 8. The van der Waals surface area contributed by atoms with Crippen molar-refractivity contribution in [2.45, 2.75) is 45.3 Å². The van der Waals surface area contributed by atoms with Gasteiger partial charge in [0.15, 0.2) is 0 Å². The van der Waals surface area contributed by atoms with Crippen molar-refractivity contribution < 1.29 is 9.21 Å². The molecule has 0 saturated heterocycles. The Hall–Kier alpha value is -1.82. The Balaban J connectivity index is 1.86. The van der Waals surface area contributed by atoms with Gasteiger partial charge in [0.05, 0.1) is 5.75 Å². The summed E-state index contributed by atoms with van der Waals surface area (Å²) in [4.78, 5) is 11.7. The van der Waals surface area contributed by atoms with Gasteiger partial charge in [-0.1, -0.05) is 48.7 Å².